The molecular formula is C22H30N2O3S2. The maximum Gasteiger partial charge on any atom is 0.242 e. The Morgan fingerprint density at radius 2 is 1.66 bits per heavy atom. The third-order valence-electron chi connectivity index (χ3n) is 4.65. The zero-order valence-electron chi connectivity index (χ0n) is 18.1. The highest BCUT2D eigenvalue weighted by molar-refractivity contribution is 8.00. The lowest BCUT2D eigenvalue weighted by Crippen LogP contribution is -2.24. The fraction of sp³-hybridized carbons (Fsp3) is 0.409. The van der Waals surface area contributed by atoms with E-state index in [1.54, 1.807) is 12.1 Å². The molecule has 0 aliphatic carbocycles. The summed E-state index contributed by atoms with van der Waals surface area (Å²) >= 11 is 1.47. The van der Waals surface area contributed by atoms with Crippen molar-refractivity contribution in [1.29, 1.82) is 0 Å². The van der Waals surface area contributed by atoms with Crippen LogP contribution in [0, 0.1) is 6.92 Å². The SMILES string of the molecule is Cc1ccc(S(=O)(=O)N(C)C)cc1NC(=O)C(C)Sc1ccc(C(C)(C)C)cc1. The molecule has 158 valence electrons. The summed E-state index contributed by atoms with van der Waals surface area (Å²) in [5, 5.41) is 2.54. The van der Waals surface area contributed by atoms with E-state index in [4.69, 9.17) is 0 Å². The van der Waals surface area contributed by atoms with E-state index >= 15 is 0 Å². The number of aryl methyl sites for hydroxylation is 1. The molecule has 2 rings (SSSR count). The van der Waals surface area contributed by atoms with E-state index in [1.165, 1.54) is 37.5 Å². The van der Waals surface area contributed by atoms with Gasteiger partial charge in [-0.1, -0.05) is 39.0 Å². The van der Waals surface area contributed by atoms with Gasteiger partial charge < -0.3 is 5.32 Å². The van der Waals surface area contributed by atoms with Gasteiger partial charge in [0.25, 0.3) is 0 Å². The van der Waals surface area contributed by atoms with Crippen LogP contribution in [0.1, 0.15) is 38.8 Å². The number of thioether (sulfide) groups is 1. The van der Waals surface area contributed by atoms with Gasteiger partial charge in [0.2, 0.25) is 15.9 Å². The number of hydrogen-bond acceptors (Lipinski definition) is 4. The van der Waals surface area contributed by atoms with Gasteiger partial charge in [-0.3, -0.25) is 4.79 Å². The van der Waals surface area contributed by atoms with Crippen LogP contribution in [0.15, 0.2) is 52.3 Å². The molecule has 0 saturated carbocycles. The van der Waals surface area contributed by atoms with Gasteiger partial charge in [-0.2, -0.15) is 0 Å². The fourth-order valence-corrected chi connectivity index (χ4v) is 4.43. The van der Waals surface area contributed by atoms with Crippen LogP contribution in [0.5, 0.6) is 0 Å². The highest BCUT2D eigenvalue weighted by atomic mass is 32.2. The van der Waals surface area contributed by atoms with Crippen molar-refractivity contribution in [1.82, 2.24) is 4.31 Å². The lowest BCUT2D eigenvalue weighted by molar-refractivity contribution is -0.115. The number of anilines is 1. The van der Waals surface area contributed by atoms with Gasteiger partial charge in [0, 0.05) is 24.7 Å². The van der Waals surface area contributed by atoms with Crippen LogP contribution in [0.2, 0.25) is 0 Å². The van der Waals surface area contributed by atoms with Crippen LogP contribution in [-0.2, 0) is 20.2 Å². The second-order valence-electron chi connectivity index (χ2n) is 8.29. The van der Waals surface area contributed by atoms with Crippen molar-refractivity contribution < 1.29 is 13.2 Å². The number of nitrogens with one attached hydrogen (secondary N) is 1. The Bertz CT molecular complexity index is 976. The zero-order valence-corrected chi connectivity index (χ0v) is 19.7. The van der Waals surface area contributed by atoms with E-state index in [0.717, 1.165) is 14.8 Å². The molecule has 0 fully saturated rings. The molecule has 1 amide bonds. The summed E-state index contributed by atoms with van der Waals surface area (Å²) in [6.45, 7) is 10.2. The first kappa shape index (κ1) is 23.4. The standard InChI is InChI=1S/C22H30N2O3S2/c1-15-8-13-19(29(26,27)24(6)7)14-20(15)23-21(25)16(2)28-18-11-9-17(10-12-18)22(3,4)5/h8-14,16H,1-7H3,(H,23,25). The lowest BCUT2D eigenvalue weighted by Gasteiger charge is -2.19. The number of sulfonamides is 1. The number of rotatable bonds is 6. The van der Waals surface area contributed by atoms with Gasteiger partial charge in [-0.25, -0.2) is 12.7 Å². The second kappa shape index (κ2) is 8.90. The van der Waals surface area contributed by atoms with Crippen molar-refractivity contribution in [3.63, 3.8) is 0 Å². The van der Waals surface area contributed by atoms with E-state index in [2.05, 4.69) is 38.2 Å². The van der Waals surface area contributed by atoms with Crippen LogP contribution in [0.25, 0.3) is 0 Å². The average Bonchev–Trinajstić information content (AvgIpc) is 2.62. The minimum atomic E-state index is -3.56. The van der Waals surface area contributed by atoms with Crippen LogP contribution >= 0.6 is 11.8 Å². The first-order valence-electron chi connectivity index (χ1n) is 9.43. The molecule has 0 heterocycles. The number of benzene rings is 2. The molecule has 1 N–H and O–H groups in total. The third kappa shape index (κ3) is 5.84. The summed E-state index contributed by atoms with van der Waals surface area (Å²) in [7, 11) is -0.594. The molecule has 0 bridgehead atoms. The van der Waals surface area contributed by atoms with Gasteiger partial charge in [-0.05, 0) is 54.7 Å². The first-order chi connectivity index (χ1) is 13.3. The molecular weight excluding hydrogens is 404 g/mol. The van der Waals surface area contributed by atoms with Gasteiger partial charge in [-0.15, -0.1) is 11.8 Å². The number of hydrogen-bond donors (Lipinski definition) is 1. The molecule has 1 unspecified atom stereocenters. The summed E-state index contributed by atoms with van der Waals surface area (Å²) in [5.41, 5.74) is 2.64. The second-order valence-corrected chi connectivity index (χ2v) is 11.9. The van der Waals surface area contributed by atoms with Gasteiger partial charge in [0.05, 0.1) is 10.1 Å². The summed E-state index contributed by atoms with van der Waals surface area (Å²) in [6, 6.07) is 13.0. The number of carbonyl (C=O) groups is 1. The summed E-state index contributed by atoms with van der Waals surface area (Å²) < 4.78 is 25.9. The van der Waals surface area contributed by atoms with E-state index < -0.39 is 10.0 Å². The summed E-state index contributed by atoms with van der Waals surface area (Å²) in [4.78, 5) is 13.9. The van der Waals surface area contributed by atoms with Crippen molar-refractivity contribution in [2.45, 2.75) is 55.1 Å². The average molecular weight is 435 g/mol. The van der Waals surface area contributed by atoms with E-state index in [9.17, 15) is 13.2 Å². The Labute approximate surface area is 178 Å². The molecule has 0 aliphatic heterocycles. The lowest BCUT2D eigenvalue weighted by atomic mass is 9.87. The monoisotopic (exact) mass is 434 g/mol. The maximum atomic E-state index is 12.7. The Hall–Kier alpha value is -1.83. The van der Waals surface area contributed by atoms with Crippen molar-refractivity contribution >= 4 is 33.4 Å². The van der Waals surface area contributed by atoms with Crippen molar-refractivity contribution in [2.24, 2.45) is 0 Å². The highest BCUT2D eigenvalue weighted by Crippen LogP contribution is 2.29. The topological polar surface area (TPSA) is 66.5 Å². The quantitative estimate of drug-likeness (QED) is 0.672. The van der Waals surface area contributed by atoms with Crippen LogP contribution in [-0.4, -0.2) is 38.0 Å². The first-order valence-corrected chi connectivity index (χ1v) is 11.8. The third-order valence-corrected chi connectivity index (χ3v) is 7.57. The van der Waals surface area contributed by atoms with Crippen LogP contribution in [0.3, 0.4) is 0 Å². The van der Waals surface area contributed by atoms with Crippen LogP contribution < -0.4 is 5.32 Å². The predicted octanol–water partition coefficient (Wildman–Crippen LogP) is 4.66. The Morgan fingerprint density at radius 1 is 1.07 bits per heavy atom. The predicted molar refractivity (Wildman–Crippen MR) is 121 cm³/mol. The Morgan fingerprint density at radius 3 is 2.17 bits per heavy atom. The molecule has 7 heteroatoms. The minimum absolute atomic E-state index is 0.0849. The van der Waals surface area contributed by atoms with E-state index in [0.29, 0.717) is 5.69 Å². The molecule has 0 aliphatic rings. The molecule has 2 aromatic rings. The van der Waals surface area contributed by atoms with Crippen LogP contribution in [0.4, 0.5) is 5.69 Å². The molecule has 5 nitrogen and oxygen atoms in total. The van der Waals surface area contributed by atoms with Crippen molar-refractivity contribution in [2.75, 3.05) is 19.4 Å². The number of nitrogens with zero attached hydrogens (tertiary/aromatic N) is 1. The Balaban J connectivity index is 2.13. The molecule has 0 spiro atoms. The largest absolute Gasteiger partial charge is 0.325 e. The fourth-order valence-electron chi connectivity index (χ4n) is 2.63. The normalized spacial score (nSPS) is 13.4. The number of amides is 1. The van der Waals surface area contributed by atoms with Gasteiger partial charge >= 0.3 is 0 Å². The summed E-state index contributed by atoms with van der Waals surface area (Å²) in [5.74, 6) is -0.169. The molecule has 1 atom stereocenters. The van der Waals surface area contributed by atoms with E-state index in [1.807, 2.05) is 26.0 Å². The minimum Gasteiger partial charge on any atom is -0.325 e. The molecule has 29 heavy (non-hydrogen) atoms. The zero-order chi connectivity index (χ0) is 22.0. The molecule has 0 radical (unpaired) electrons. The number of carbonyl (C=O) groups excluding carboxylic acids is 1. The molecule has 0 saturated heterocycles. The molecule has 0 aromatic heterocycles. The summed E-state index contributed by atoms with van der Waals surface area (Å²) in [6.07, 6.45) is 0. The van der Waals surface area contributed by atoms with Gasteiger partial charge in [0.1, 0.15) is 0 Å². The van der Waals surface area contributed by atoms with Gasteiger partial charge in [0.15, 0.2) is 0 Å². The maximum absolute atomic E-state index is 12.7. The van der Waals surface area contributed by atoms with Crippen molar-refractivity contribution in [3.8, 4) is 0 Å². The smallest absolute Gasteiger partial charge is 0.242 e. The Kier molecular flexibility index (Phi) is 7.19. The van der Waals surface area contributed by atoms with Crippen molar-refractivity contribution in [3.05, 3.63) is 53.6 Å². The molecule has 2 aromatic carbocycles. The van der Waals surface area contributed by atoms with E-state index in [-0.39, 0.29) is 21.5 Å². The highest BCUT2D eigenvalue weighted by Gasteiger charge is 2.21.